The lowest BCUT2D eigenvalue weighted by Crippen LogP contribution is -2.46. The van der Waals surface area contributed by atoms with Gasteiger partial charge in [-0.2, -0.15) is 0 Å². The molecule has 0 spiro atoms. The Morgan fingerprint density at radius 1 is 1.17 bits per heavy atom. The van der Waals surface area contributed by atoms with Crippen molar-refractivity contribution in [3.63, 3.8) is 0 Å². The number of aliphatic imine (C=N–C) groups is 1. The minimum atomic E-state index is 0.281. The molecule has 1 aromatic heterocycles. The summed E-state index contributed by atoms with van der Waals surface area (Å²) in [5, 5.41) is 12.0. The zero-order valence-corrected chi connectivity index (χ0v) is 14.2. The molecule has 1 aliphatic heterocycles. The van der Waals surface area contributed by atoms with Gasteiger partial charge in [0, 0.05) is 42.8 Å². The second-order valence-electron chi connectivity index (χ2n) is 5.92. The Morgan fingerprint density at radius 2 is 1.96 bits per heavy atom. The average Bonchev–Trinajstić information content (AvgIpc) is 3.08. The van der Waals surface area contributed by atoms with E-state index < -0.39 is 0 Å². The van der Waals surface area contributed by atoms with Gasteiger partial charge >= 0.3 is 0 Å². The van der Waals surface area contributed by atoms with Gasteiger partial charge in [0.2, 0.25) is 0 Å². The van der Waals surface area contributed by atoms with Crippen molar-refractivity contribution in [2.75, 3.05) is 39.8 Å². The van der Waals surface area contributed by atoms with E-state index in [9.17, 15) is 5.11 Å². The Kier molecular flexibility index (Phi) is 5.43. The number of rotatable bonds is 5. The predicted octanol–water partition coefficient (Wildman–Crippen LogP) is 2.86. The van der Waals surface area contributed by atoms with E-state index >= 15 is 0 Å². The van der Waals surface area contributed by atoms with Gasteiger partial charge in [-0.05, 0) is 30.6 Å². The summed E-state index contributed by atoms with van der Waals surface area (Å²) in [6.45, 7) is 5.07. The van der Waals surface area contributed by atoms with Crippen LogP contribution in [0.1, 0.15) is 16.5 Å². The highest BCUT2D eigenvalue weighted by atomic mass is 32.1. The van der Waals surface area contributed by atoms with Crippen molar-refractivity contribution in [2.24, 2.45) is 4.99 Å². The standard InChI is InChI=1S/C18H23N3OS/c1-20-8-10-21(11-9-20)16(18-7-4-12-23-18)14-19-13-15-5-2-3-6-17(15)22/h2-7,12-13,16,22H,8-11,14H2,1H3/t16-/m0/s1. The summed E-state index contributed by atoms with van der Waals surface area (Å²) in [7, 11) is 2.17. The Hall–Kier alpha value is -1.69. The second kappa shape index (κ2) is 7.73. The zero-order valence-electron chi connectivity index (χ0n) is 13.4. The lowest BCUT2D eigenvalue weighted by atomic mass is 10.1. The van der Waals surface area contributed by atoms with Crippen molar-refractivity contribution in [3.8, 4) is 5.75 Å². The molecule has 4 nitrogen and oxygen atoms in total. The number of benzene rings is 1. The summed E-state index contributed by atoms with van der Waals surface area (Å²) >= 11 is 1.80. The highest BCUT2D eigenvalue weighted by molar-refractivity contribution is 7.10. The molecule has 1 N–H and O–H groups in total. The molecule has 3 rings (SSSR count). The third kappa shape index (κ3) is 4.19. The summed E-state index contributed by atoms with van der Waals surface area (Å²) in [4.78, 5) is 10.9. The first-order valence-corrected chi connectivity index (χ1v) is 8.86. The van der Waals surface area contributed by atoms with E-state index in [0.717, 1.165) is 38.3 Å². The first kappa shape index (κ1) is 16.2. The molecule has 0 aliphatic carbocycles. The van der Waals surface area contributed by atoms with Crippen LogP contribution in [0.4, 0.5) is 0 Å². The monoisotopic (exact) mass is 329 g/mol. The third-order valence-corrected chi connectivity index (χ3v) is 5.27. The molecular formula is C18H23N3OS. The molecule has 1 saturated heterocycles. The molecule has 0 bridgehead atoms. The summed E-state index contributed by atoms with van der Waals surface area (Å²) in [6, 6.07) is 11.9. The number of piperazine rings is 1. The van der Waals surface area contributed by atoms with Crippen LogP contribution in [0.5, 0.6) is 5.75 Å². The summed E-state index contributed by atoms with van der Waals surface area (Å²) < 4.78 is 0. The minimum Gasteiger partial charge on any atom is -0.507 e. The average molecular weight is 329 g/mol. The first-order valence-electron chi connectivity index (χ1n) is 7.98. The Labute approximate surface area is 141 Å². The molecule has 23 heavy (non-hydrogen) atoms. The van der Waals surface area contributed by atoms with Gasteiger partial charge in [0.1, 0.15) is 5.75 Å². The number of para-hydroxylation sites is 1. The maximum Gasteiger partial charge on any atom is 0.124 e. The highest BCUT2D eigenvalue weighted by Gasteiger charge is 2.24. The van der Waals surface area contributed by atoms with Crippen molar-refractivity contribution in [1.29, 1.82) is 0 Å². The molecule has 1 aliphatic rings. The second-order valence-corrected chi connectivity index (χ2v) is 6.90. The molecule has 0 radical (unpaired) electrons. The van der Waals surface area contributed by atoms with E-state index in [2.05, 4.69) is 39.4 Å². The van der Waals surface area contributed by atoms with E-state index in [1.807, 2.05) is 18.2 Å². The van der Waals surface area contributed by atoms with Crippen LogP contribution in [0.15, 0.2) is 46.8 Å². The third-order valence-electron chi connectivity index (χ3n) is 4.30. The Balaban J connectivity index is 1.71. The van der Waals surface area contributed by atoms with Gasteiger partial charge in [-0.1, -0.05) is 18.2 Å². The van der Waals surface area contributed by atoms with Gasteiger partial charge in [0.05, 0.1) is 12.6 Å². The van der Waals surface area contributed by atoms with Crippen LogP contribution in [0.2, 0.25) is 0 Å². The molecule has 2 heterocycles. The largest absolute Gasteiger partial charge is 0.507 e. The maximum absolute atomic E-state index is 9.83. The number of hydrogen-bond donors (Lipinski definition) is 1. The fraction of sp³-hybridized carbons (Fsp3) is 0.389. The Morgan fingerprint density at radius 3 is 2.65 bits per heavy atom. The Bertz CT molecular complexity index is 633. The van der Waals surface area contributed by atoms with Crippen LogP contribution in [0.3, 0.4) is 0 Å². The fourth-order valence-corrected chi connectivity index (χ4v) is 3.70. The number of hydrogen-bond acceptors (Lipinski definition) is 5. The fourth-order valence-electron chi connectivity index (χ4n) is 2.85. The van der Waals surface area contributed by atoms with Crippen molar-refractivity contribution in [2.45, 2.75) is 6.04 Å². The molecule has 0 amide bonds. The van der Waals surface area contributed by atoms with Gasteiger partial charge in [-0.3, -0.25) is 9.89 Å². The molecule has 1 atom stereocenters. The van der Waals surface area contributed by atoms with Gasteiger partial charge in [-0.15, -0.1) is 11.3 Å². The SMILES string of the molecule is CN1CCN([C@@H](CN=Cc2ccccc2O)c2cccs2)CC1. The normalized spacial score (nSPS) is 18.5. The van der Waals surface area contributed by atoms with Crippen LogP contribution in [0, 0.1) is 0 Å². The van der Waals surface area contributed by atoms with E-state index in [4.69, 9.17) is 0 Å². The maximum atomic E-state index is 9.83. The van der Waals surface area contributed by atoms with Crippen LogP contribution in [-0.2, 0) is 0 Å². The van der Waals surface area contributed by atoms with E-state index in [1.165, 1.54) is 4.88 Å². The minimum absolute atomic E-state index is 0.281. The van der Waals surface area contributed by atoms with E-state index in [1.54, 1.807) is 23.6 Å². The summed E-state index contributed by atoms with van der Waals surface area (Å²) in [5.74, 6) is 0.281. The van der Waals surface area contributed by atoms with Gasteiger partial charge in [0.15, 0.2) is 0 Å². The highest BCUT2D eigenvalue weighted by Crippen LogP contribution is 2.26. The summed E-state index contributed by atoms with van der Waals surface area (Å²) in [5.41, 5.74) is 0.774. The van der Waals surface area contributed by atoms with E-state index in [0.29, 0.717) is 6.04 Å². The zero-order chi connectivity index (χ0) is 16.1. The first-order chi connectivity index (χ1) is 11.2. The topological polar surface area (TPSA) is 39.1 Å². The van der Waals surface area contributed by atoms with E-state index in [-0.39, 0.29) is 5.75 Å². The van der Waals surface area contributed by atoms with Crippen LogP contribution >= 0.6 is 11.3 Å². The molecular weight excluding hydrogens is 306 g/mol. The quantitative estimate of drug-likeness (QED) is 0.858. The lowest BCUT2D eigenvalue weighted by Gasteiger charge is -2.37. The molecule has 0 unspecified atom stereocenters. The smallest absolute Gasteiger partial charge is 0.124 e. The van der Waals surface area contributed by atoms with Gasteiger partial charge < -0.3 is 10.0 Å². The molecule has 1 aromatic carbocycles. The van der Waals surface area contributed by atoms with Crippen LogP contribution in [-0.4, -0.2) is 60.9 Å². The number of nitrogens with zero attached hydrogens (tertiary/aromatic N) is 3. The van der Waals surface area contributed by atoms with Crippen LogP contribution in [0.25, 0.3) is 0 Å². The lowest BCUT2D eigenvalue weighted by molar-refractivity contribution is 0.116. The number of likely N-dealkylation sites (N-methyl/N-ethyl adjacent to an activating group) is 1. The van der Waals surface area contributed by atoms with Crippen LogP contribution < -0.4 is 0 Å². The molecule has 2 aromatic rings. The van der Waals surface area contributed by atoms with Gasteiger partial charge in [-0.25, -0.2) is 0 Å². The van der Waals surface area contributed by atoms with Crippen molar-refractivity contribution in [3.05, 3.63) is 52.2 Å². The number of thiophene rings is 1. The van der Waals surface area contributed by atoms with Gasteiger partial charge in [0.25, 0.3) is 0 Å². The molecule has 0 saturated carbocycles. The number of phenolic OH excluding ortho intramolecular Hbond substituents is 1. The number of phenols is 1. The molecule has 122 valence electrons. The molecule has 1 fully saturated rings. The van der Waals surface area contributed by atoms with Crippen molar-refractivity contribution in [1.82, 2.24) is 9.80 Å². The van der Waals surface area contributed by atoms with Crippen molar-refractivity contribution < 1.29 is 5.11 Å². The number of aromatic hydroxyl groups is 1. The summed E-state index contributed by atoms with van der Waals surface area (Å²) in [6.07, 6.45) is 1.78. The molecule has 5 heteroatoms. The predicted molar refractivity (Wildman–Crippen MR) is 96.7 cm³/mol. The van der Waals surface area contributed by atoms with Crippen molar-refractivity contribution >= 4 is 17.6 Å².